The Balaban J connectivity index is 1.99. The molecule has 1 aromatic carbocycles. The van der Waals surface area contributed by atoms with Crippen molar-refractivity contribution in [3.8, 4) is 0 Å². The van der Waals surface area contributed by atoms with E-state index in [-0.39, 0.29) is 18.5 Å². The zero-order chi connectivity index (χ0) is 17.6. The van der Waals surface area contributed by atoms with Crippen LogP contribution in [0.5, 0.6) is 0 Å². The van der Waals surface area contributed by atoms with Crippen molar-refractivity contribution in [3.05, 3.63) is 35.4 Å². The van der Waals surface area contributed by atoms with Crippen LogP contribution in [0.2, 0.25) is 0 Å². The minimum atomic E-state index is -0.195. The van der Waals surface area contributed by atoms with Gasteiger partial charge in [0.25, 0.3) is 0 Å². The molecule has 4 heteroatoms. The van der Waals surface area contributed by atoms with Crippen LogP contribution >= 0.6 is 0 Å². The lowest BCUT2D eigenvalue weighted by Gasteiger charge is -2.07. The SMILES string of the molecule is CCCCCCC(=O)NCCOC(=O)CCCc1ccc(C)cc1. The van der Waals surface area contributed by atoms with E-state index in [9.17, 15) is 9.59 Å². The lowest BCUT2D eigenvalue weighted by atomic mass is 10.1. The van der Waals surface area contributed by atoms with Gasteiger partial charge in [0.1, 0.15) is 6.61 Å². The average Bonchev–Trinajstić information content (AvgIpc) is 2.57. The highest BCUT2D eigenvalue weighted by molar-refractivity contribution is 5.75. The fraction of sp³-hybridized carbons (Fsp3) is 0.600. The van der Waals surface area contributed by atoms with Gasteiger partial charge in [-0.15, -0.1) is 0 Å². The van der Waals surface area contributed by atoms with Gasteiger partial charge in [-0.05, 0) is 31.7 Å². The van der Waals surface area contributed by atoms with Crippen LogP contribution in [-0.2, 0) is 20.7 Å². The first-order valence-corrected chi connectivity index (χ1v) is 9.09. The molecule has 0 heterocycles. The van der Waals surface area contributed by atoms with Crippen molar-refractivity contribution in [2.75, 3.05) is 13.2 Å². The molecular weight excluding hydrogens is 302 g/mol. The average molecular weight is 333 g/mol. The summed E-state index contributed by atoms with van der Waals surface area (Å²) in [7, 11) is 0. The number of carbonyl (C=O) groups is 2. The fourth-order valence-electron chi connectivity index (χ4n) is 2.42. The summed E-state index contributed by atoms with van der Waals surface area (Å²) in [5, 5.41) is 2.79. The molecule has 1 N–H and O–H groups in total. The number of hydrogen-bond acceptors (Lipinski definition) is 3. The number of benzene rings is 1. The second kappa shape index (κ2) is 12.6. The molecule has 0 aliphatic heterocycles. The Morgan fingerprint density at radius 1 is 1.00 bits per heavy atom. The van der Waals surface area contributed by atoms with Crippen LogP contribution in [0.25, 0.3) is 0 Å². The summed E-state index contributed by atoms with van der Waals surface area (Å²) in [6.45, 7) is 4.86. The maximum atomic E-state index is 11.6. The van der Waals surface area contributed by atoms with E-state index >= 15 is 0 Å². The third kappa shape index (κ3) is 10.0. The van der Waals surface area contributed by atoms with Crippen molar-refractivity contribution in [1.29, 1.82) is 0 Å². The van der Waals surface area contributed by atoms with Gasteiger partial charge in [0.05, 0.1) is 6.54 Å². The minimum Gasteiger partial charge on any atom is -0.464 e. The number of aryl methyl sites for hydroxylation is 2. The summed E-state index contributed by atoms with van der Waals surface area (Å²) in [5.41, 5.74) is 2.48. The van der Waals surface area contributed by atoms with E-state index in [0.29, 0.717) is 19.4 Å². The molecule has 0 atom stereocenters. The van der Waals surface area contributed by atoms with Crippen molar-refractivity contribution >= 4 is 11.9 Å². The van der Waals surface area contributed by atoms with Crippen molar-refractivity contribution in [3.63, 3.8) is 0 Å². The number of hydrogen-bond donors (Lipinski definition) is 1. The largest absolute Gasteiger partial charge is 0.464 e. The van der Waals surface area contributed by atoms with E-state index in [1.165, 1.54) is 24.0 Å². The molecule has 0 fully saturated rings. The van der Waals surface area contributed by atoms with Crippen LogP contribution in [0.15, 0.2) is 24.3 Å². The number of esters is 1. The molecule has 0 radical (unpaired) electrons. The van der Waals surface area contributed by atoms with Gasteiger partial charge in [0.15, 0.2) is 0 Å². The lowest BCUT2D eigenvalue weighted by Crippen LogP contribution is -2.27. The number of carbonyl (C=O) groups excluding carboxylic acids is 2. The van der Waals surface area contributed by atoms with Crippen molar-refractivity contribution < 1.29 is 14.3 Å². The van der Waals surface area contributed by atoms with E-state index < -0.39 is 0 Å². The van der Waals surface area contributed by atoms with Crippen LogP contribution in [0, 0.1) is 6.92 Å². The highest BCUT2D eigenvalue weighted by atomic mass is 16.5. The smallest absolute Gasteiger partial charge is 0.305 e. The third-order valence-corrected chi connectivity index (χ3v) is 3.91. The quantitative estimate of drug-likeness (QED) is 0.465. The van der Waals surface area contributed by atoms with Crippen LogP contribution < -0.4 is 5.32 Å². The van der Waals surface area contributed by atoms with Crippen molar-refractivity contribution in [1.82, 2.24) is 5.32 Å². The number of rotatable bonds is 12. The zero-order valence-corrected chi connectivity index (χ0v) is 15.1. The molecule has 1 rings (SSSR count). The summed E-state index contributed by atoms with van der Waals surface area (Å²) in [5.74, 6) is -0.152. The molecule has 0 saturated heterocycles. The van der Waals surface area contributed by atoms with E-state index in [0.717, 1.165) is 25.7 Å². The first-order valence-electron chi connectivity index (χ1n) is 9.09. The van der Waals surface area contributed by atoms with Gasteiger partial charge in [-0.3, -0.25) is 9.59 Å². The molecule has 0 unspecified atom stereocenters. The van der Waals surface area contributed by atoms with E-state index in [1.54, 1.807) is 0 Å². The van der Waals surface area contributed by atoms with E-state index in [4.69, 9.17) is 4.74 Å². The second-order valence-electron chi connectivity index (χ2n) is 6.22. The van der Waals surface area contributed by atoms with Gasteiger partial charge in [0.2, 0.25) is 5.91 Å². The van der Waals surface area contributed by atoms with E-state index in [2.05, 4.69) is 43.4 Å². The summed E-state index contributed by atoms with van der Waals surface area (Å²) in [6, 6.07) is 8.35. The lowest BCUT2D eigenvalue weighted by molar-refractivity contribution is -0.144. The molecule has 4 nitrogen and oxygen atoms in total. The Kier molecular flexibility index (Phi) is 10.6. The topological polar surface area (TPSA) is 55.4 Å². The maximum Gasteiger partial charge on any atom is 0.305 e. The zero-order valence-electron chi connectivity index (χ0n) is 15.1. The molecular formula is C20H31NO3. The van der Waals surface area contributed by atoms with Gasteiger partial charge in [-0.2, -0.15) is 0 Å². The Morgan fingerprint density at radius 2 is 1.75 bits per heavy atom. The summed E-state index contributed by atoms with van der Waals surface area (Å²) in [4.78, 5) is 23.2. The Morgan fingerprint density at radius 3 is 2.46 bits per heavy atom. The Labute approximate surface area is 146 Å². The molecule has 0 spiro atoms. The minimum absolute atomic E-state index is 0.0431. The van der Waals surface area contributed by atoms with Gasteiger partial charge < -0.3 is 10.1 Å². The van der Waals surface area contributed by atoms with Crippen LogP contribution in [0.1, 0.15) is 63.0 Å². The first-order chi connectivity index (χ1) is 11.6. The molecule has 134 valence electrons. The van der Waals surface area contributed by atoms with Crippen molar-refractivity contribution in [2.24, 2.45) is 0 Å². The van der Waals surface area contributed by atoms with Gasteiger partial charge in [-0.1, -0.05) is 56.0 Å². The number of nitrogens with one attached hydrogen (secondary N) is 1. The normalized spacial score (nSPS) is 10.4. The summed E-state index contributed by atoms with van der Waals surface area (Å²) >= 11 is 0. The molecule has 1 amide bonds. The number of amides is 1. The highest BCUT2D eigenvalue weighted by Gasteiger charge is 2.04. The van der Waals surface area contributed by atoms with Crippen molar-refractivity contribution in [2.45, 2.75) is 65.2 Å². The van der Waals surface area contributed by atoms with Gasteiger partial charge >= 0.3 is 5.97 Å². The molecule has 0 aliphatic rings. The molecule has 0 saturated carbocycles. The third-order valence-electron chi connectivity index (χ3n) is 3.91. The monoisotopic (exact) mass is 333 g/mol. The Bertz CT molecular complexity index is 482. The predicted molar refractivity (Wildman–Crippen MR) is 96.8 cm³/mol. The molecule has 0 aliphatic carbocycles. The maximum absolute atomic E-state index is 11.6. The van der Waals surface area contributed by atoms with Crippen LogP contribution in [-0.4, -0.2) is 25.0 Å². The second-order valence-corrected chi connectivity index (χ2v) is 6.22. The van der Waals surface area contributed by atoms with E-state index in [1.807, 2.05) is 0 Å². The molecule has 1 aromatic rings. The highest BCUT2D eigenvalue weighted by Crippen LogP contribution is 2.07. The summed E-state index contributed by atoms with van der Waals surface area (Å²) < 4.78 is 5.14. The predicted octanol–water partition coefficient (Wildman–Crippen LogP) is 3.95. The van der Waals surface area contributed by atoms with Gasteiger partial charge in [0, 0.05) is 12.8 Å². The number of ether oxygens (including phenoxy) is 1. The molecule has 24 heavy (non-hydrogen) atoms. The summed E-state index contributed by atoms with van der Waals surface area (Å²) in [6.07, 6.45) is 7.01. The first kappa shape index (κ1) is 20.2. The molecule has 0 aromatic heterocycles. The number of unbranched alkanes of at least 4 members (excludes halogenated alkanes) is 3. The fourth-order valence-corrected chi connectivity index (χ4v) is 2.42. The molecule has 0 bridgehead atoms. The van der Waals surface area contributed by atoms with Gasteiger partial charge in [-0.25, -0.2) is 0 Å². The Hall–Kier alpha value is -1.84. The standard InChI is InChI=1S/C20H31NO3/c1-3-4-5-6-9-19(22)21-15-16-24-20(23)10-7-8-18-13-11-17(2)12-14-18/h11-14H,3-10,15-16H2,1-2H3,(H,21,22). The van der Waals surface area contributed by atoms with Crippen LogP contribution in [0.3, 0.4) is 0 Å². The van der Waals surface area contributed by atoms with Crippen LogP contribution in [0.4, 0.5) is 0 Å².